The number of nitrogens with two attached hydrogens (primary N) is 1. The van der Waals surface area contributed by atoms with E-state index in [0.717, 1.165) is 36.1 Å². The zero-order valence-corrected chi connectivity index (χ0v) is 17.2. The van der Waals surface area contributed by atoms with Crippen molar-refractivity contribution in [3.05, 3.63) is 85.5 Å². The van der Waals surface area contributed by atoms with Crippen LogP contribution in [0.3, 0.4) is 0 Å². The molecule has 9 nitrogen and oxygen atoms in total. The minimum absolute atomic E-state index is 0.00277. The monoisotopic (exact) mass is 437 g/mol. The van der Waals surface area contributed by atoms with Crippen LogP contribution in [0.5, 0.6) is 0 Å². The Morgan fingerprint density at radius 2 is 1.81 bits per heavy atom. The van der Waals surface area contributed by atoms with Gasteiger partial charge in [-0.2, -0.15) is 5.10 Å². The van der Waals surface area contributed by atoms with Crippen LogP contribution in [0.2, 0.25) is 0 Å². The van der Waals surface area contributed by atoms with Crippen molar-refractivity contribution in [2.45, 2.75) is 25.3 Å². The van der Waals surface area contributed by atoms with Crippen LogP contribution in [0.15, 0.2) is 59.2 Å². The van der Waals surface area contributed by atoms with Crippen LogP contribution in [0, 0.1) is 26.1 Å². The smallest absolute Gasteiger partial charge is 0.270 e. The summed E-state index contributed by atoms with van der Waals surface area (Å²) in [6.45, 7) is 0. The minimum Gasteiger partial charge on any atom is -0.375 e. The van der Waals surface area contributed by atoms with Crippen molar-refractivity contribution in [3.63, 3.8) is 0 Å². The second-order valence-electron chi connectivity index (χ2n) is 7.49. The van der Waals surface area contributed by atoms with Gasteiger partial charge < -0.3 is 5.73 Å². The van der Waals surface area contributed by atoms with Crippen LogP contribution in [0.1, 0.15) is 36.4 Å². The Kier molecular flexibility index (Phi) is 5.47. The van der Waals surface area contributed by atoms with Crippen molar-refractivity contribution in [2.24, 2.45) is 16.8 Å². The fourth-order valence-electron chi connectivity index (χ4n) is 4.27. The number of hydrogen-bond donors (Lipinski definition) is 1. The average molecular weight is 437 g/mol. The molecule has 2 atom stereocenters. The SMILES string of the molecule is NC(=S)N1N=C2/C(=C\c3cccc([N+](=O)[O-])c3)CCC[C@H]2[C@@H]1c1cccc([N+](=O)[O-])c1. The molecule has 1 fully saturated rings. The van der Waals surface area contributed by atoms with Crippen LogP contribution in [0.4, 0.5) is 11.4 Å². The Morgan fingerprint density at radius 3 is 2.48 bits per heavy atom. The molecule has 2 N–H and O–H groups in total. The largest absolute Gasteiger partial charge is 0.375 e. The highest BCUT2D eigenvalue weighted by Crippen LogP contribution is 2.44. The second kappa shape index (κ2) is 8.23. The second-order valence-corrected chi connectivity index (χ2v) is 7.90. The van der Waals surface area contributed by atoms with Gasteiger partial charge in [0.25, 0.3) is 11.4 Å². The first-order valence-corrected chi connectivity index (χ1v) is 10.1. The molecule has 0 spiro atoms. The molecule has 0 bridgehead atoms. The summed E-state index contributed by atoms with van der Waals surface area (Å²) in [5, 5.41) is 28.7. The lowest BCUT2D eigenvalue weighted by molar-refractivity contribution is -0.385. The van der Waals surface area contributed by atoms with E-state index in [1.54, 1.807) is 17.1 Å². The number of benzene rings is 2. The van der Waals surface area contributed by atoms with Crippen molar-refractivity contribution in [1.82, 2.24) is 5.01 Å². The fourth-order valence-corrected chi connectivity index (χ4v) is 4.42. The number of rotatable bonds is 4. The van der Waals surface area contributed by atoms with Crippen molar-refractivity contribution in [2.75, 3.05) is 0 Å². The molecule has 1 aliphatic heterocycles. The van der Waals surface area contributed by atoms with Gasteiger partial charge in [0, 0.05) is 30.2 Å². The van der Waals surface area contributed by atoms with Gasteiger partial charge in [0.1, 0.15) is 0 Å². The highest BCUT2D eigenvalue weighted by Gasteiger charge is 2.42. The topological polar surface area (TPSA) is 128 Å². The number of thiocarbonyl (C=S) groups is 1. The van der Waals surface area contributed by atoms with E-state index in [9.17, 15) is 20.2 Å². The molecule has 0 aromatic heterocycles. The lowest BCUT2D eigenvalue weighted by atomic mass is 9.77. The molecule has 4 rings (SSSR count). The number of hydrogen-bond acceptors (Lipinski definition) is 6. The molecule has 0 unspecified atom stereocenters. The molecule has 2 aromatic carbocycles. The van der Waals surface area contributed by atoms with E-state index in [1.807, 2.05) is 18.2 Å². The first kappa shape index (κ1) is 20.6. The molecule has 1 aliphatic carbocycles. The number of nitro benzene ring substituents is 2. The average Bonchev–Trinajstić information content (AvgIpc) is 3.15. The summed E-state index contributed by atoms with van der Waals surface area (Å²) in [7, 11) is 0. The number of fused-ring (bicyclic) bond motifs is 1. The summed E-state index contributed by atoms with van der Waals surface area (Å²) < 4.78 is 0. The third kappa shape index (κ3) is 4.02. The Balaban J connectivity index is 1.74. The van der Waals surface area contributed by atoms with Crippen LogP contribution in [0.25, 0.3) is 6.08 Å². The summed E-state index contributed by atoms with van der Waals surface area (Å²) in [4.78, 5) is 21.5. The summed E-state index contributed by atoms with van der Waals surface area (Å²) in [6.07, 6.45) is 4.40. The molecule has 1 saturated carbocycles. The lowest BCUT2D eigenvalue weighted by Gasteiger charge is -2.29. The number of allylic oxidation sites excluding steroid dienone is 1. The van der Waals surface area contributed by atoms with Crippen LogP contribution in [-0.2, 0) is 0 Å². The first-order chi connectivity index (χ1) is 14.8. The number of nitrogens with zero attached hydrogens (tertiary/aromatic N) is 4. The summed E-state index contributed by atoms with van der Waals surface area (Å²) in [5.41, 5.74) is 9.20. The van der Waals surface area contributed by atoms with Crippen LogP contribution >= 0.6 is 12.2 Å². The van der Waals surface area contributed by atoms with Crippen LogP contribution < -0.4 is 5.73 Å². The molecular weight excluding hydrogens is 418 g/mol. The Bertz CT molecular complexity index is 1150. The zero-order chi connectivity index (χ0) is 22.1. The molecule has 2 aromatic rings. The normalized spacial score (nSPS) is 21.5. The van der Waals surface area contributed by atoms with Gasteiger partial charge in [-0.05, 0) is 54.3 Å². The molecular formula is C21H19N5O4S. The molecule has 0 radical (unpaired) electrons. The fraction of sp³-hybridized carbons (Fsp3) is 0.238. The number of non-ortho nitro benzene ring substituents is 2. The molecule has 158 valence electrons. The molecule has 2 aliphatic rings. The predicted octanol–water partition coefficient (Wildman–Crippen LogP) is 4.34. The van der Waals surface area contributed by atoms with Crippen molar-refractivity contribution >= 4 is 40.5 Å². The number of hydrazone groups is 1. The van der Waals surface area contributed by atoms with E-state index in [2.05, 4.69) is 5.10 Å². The molecule has 0 saturated heterocycles. The van der Waals surface area contributed by atoms with E-state index >= 15 is 0 Å². The van der Waals surface area contributed by atoms with E-state index in [-0.39, 0.29) is 28.4 Å². The van der Waals surface area contributed by atoms with E-state index < -0.39 is 9.85 Å². The van der Waals surface area contributed by atoms with Gasteiger partial charge in [-0.15, -0.1) is 0 Å². The maximum atomic E-state index is 11.3. The molecule has 10 heteroatoms. The third-order valence-electron chi connectivity index (χ3n) is 5.57. The van der Waals surface area contributed by atoms with Gasteiger partial charge in [0.2, 0.25) is 0 Å². The van der Waals surface area contributed by atoms with Gasteiger partial charge in [-0.25, -0.2) is 5.01 Å². The summed E-state index contributed by atoms with van der Waals surface area (Å²) in [6, 6.07) is 12.5. The van der Waals surface area contributed by atoms with Crippen molar-refractivity contribution in [1.29, 1.82) is 0 Å². The summed E-state index contributed by atoms with van der Waals surface area (Å²) >= 11 is 5.22. The van der Waals surface area contributed by atoms with E-state index in [4.69, 9.17) is 18.0 Å². The predicted molar refractivity (Wildman–Crippen MR) is 120 cm³/mol. The maximum Gasteiger partial charge on any atom is 0.270 e. The molecule has 1 heterocycles. The van der Waals surface area contributed by atoms with Gasteiger partial charge in [-0.3, -0.25) is 20.2 Å². The standard InChI is InChI=1S/C21H19N5O4S/c22-21(31)24-20(15-6-2-8-17(12-15)26(29)30)18-9-3-5-14(19(18)23-24)10-13-4-1-7-16(11-13)25(27)28/h1-2,4,6-8,10-12,18,20H,3,5,9H2,(H2,22,31)/b14-10-/t18-,20+/m1/s1. The van der Waals surface area contributed by atoms with E-state index in [0.29, 0.717) is 5.56 Å². The highest BCUT2D eigenvalue weighted by atomic mass is 32.1. The third-order valence-corrected chi connectivity index (χ3v) is 5.76. The Labute approximate surface area is 183 Å². The Hall–Kier alpha value is -3.66. The quantitative estimate of drug-likeness (QED) is 0.428. The lowest BCUT2D eigenvalue weighted by Crippen LogP contribution is -2.35. The van der Waals surface area contributed by atoms with Gasteiger partial charge in [0.15, 0.2) is 5.11 Å². The van der Waals surface area contributed by atoms with Gasteiger partial charge in [0.05, 0.1) is 21.6 Å². The zero-order valence-electron chi connectivity index (χ0n) is 16.4. The minimum atomic E-state index is -0.431. The first-order valence-electron chi connectivity index (χ1n) is 9.72. The number of nitro groups is 2. The van der Waals surface area contributed by atoms with Crippen molar-refractivity contribution in [3.8, 4) is 0 Å². The Morgan fingerprint density at radius 1 is 1.13 bits per heavy atom. The van der Waals surface area contributed by atoms with E-state index in [1.165, 1.54) is 24.3 Å². The van der Waals surface area contributed by atoms with Gasteiger partial charge in [-0.1, -0.05) is 24.3 Å². The molecule has 31 heavy (non-hydrogen) atoms. The molecule has 0 amide bonds. The highest BCUT2D eigenvalue weighted by molar-refractivity contribution is 7.80. The van der Waals surface area contributed by atoms with Crippen molar-refractivity contribution < 1.29 is 9.85 Å². The van der Waals surface area contributed by atoms with Gasteiger partial charge >= 0.3 is 0 Å². The maximum absolute atomic E-state index is 11.3. The summed E-state index contributed by atoms with van der Waals surface area (Å²) in [5.74, 6) is -0.0396. The van der Waals surface area contributed by atoms with Crippen LogP contribution in [-0.4, -0.2) is 25.7 Å².